The smallest absolute Gasteiger partial charge is 0.00826 e. The van der Waals surface area contributed by atoms with Crippen molar-refractivity contribution in [1.82, 2.24) is 0 Å². The SMILES string of the molecule is CC1=CC=CCC1C1=C(C)CCC(C2=CC=CCC2)=C1. The molecule has 0 aromatic heterocycles. The summed E-state index contributed by atoms with van der Waals surface area (Å²) in [6, 6.07) is 0. The third-order valence-corrected chi connectivity index (χ3v) is 4.81. The summed E-state index contributed by atoms with van der Waals surface area (Å²) in [5.74, 6) is 0.607. The normalized spacial score (nSPS) is 26.3. The quantitative estimate of drug-likeness (QED) is 0.589. The van der Waals surface area contributed by atoms with E-state index in [1.165, 1.54) is 31.3 Å². The van der Waals surface area contributed by atoms with Crippen LogP contribution in [0.3, 0.4) is 0 Å². The molecular formula is C20H24. The van der Waals surface area contributed by atoms with Gasteiger partial charge in [-0.05, 0) is 62.7 Å². The molecule has 0 radical (unpaired) electrons. The highest BCUT2D eigenvalue weighted by Crippen LogP contribution is 2.38. The first-order chi connectivity index (χ1) is 9.75. The molecule has 0 bridgehead atoms. The van der Waals surface area contributed by atoms with Crippen LogP contribution in [0.25, 0.3) is 0 Å². The van der Waals surface area contributed by atoms with Gasteiger partial charge in [0.2, 0.25) is 0 Å². The molecule has 0 aromatic carbocycles. The van der Waals surface area contributed by atoms with E-state index in [2.05, 4.69) is 56.4 Å². The average molecular weight is 264 g/mol. The maximum Gasteiger partial charge on any atom is 0.00826 e. The van der Waals surface area contributed by atoms with Crippen molar-refractivity contribution < 1.29 is 0 Å². The van der Waals surface area contributed by atoms with Gasteiger partial charge in [-0.1, -0.05) is 53.7 Å². The van der Waals surface area contributed by atoms with Crippen molar-refractivity contribution in [3.63, 3.8) is 0 Å². The fourth-order valence-corrected chi connectivity index (χ4v) is 3.48. The molecular weight excluding hydrogens is 240 g/mol. The number of rotatable bonds is 2. The van der Waals surface area contributed by atoms with Crippen LogP contribution in [0, 0.1) is 5.92 Å². The summed E-state index contributed by atoms with van der Waals surface area (Å²) in [6.07, 6.45) is 22.1. The lowest BCUT2D eigenvalue weighted by Crippen LogP contribution is -2.12. The Morgan fingerprint density at radius 1 is 0.900 bits per heavy atom. The van der Waals surface area contributed by atoms with E-state index in [9.17, 15) is 0 Å². The molecule has 0 spiro atoms. The van der Waals surface area contributed by atoms with Crippen LogP contribution in [-0.2, 0) is 0 Å². The van der Waals surface area contributed by atoms with Gasteiger partial charge in [-0.15, -0.1) is 0 Å². The summed E-state index contributed by atoms with van der Waals surface area (Å²) in [6.45, 7) is 4.60. The van der Waals surface area contributed by atoms with E-state index >= 15 is 0 Å². The first kappa shape index (κ1) is 13.4. The van der Waals surface area contributed by atoms with Gasteiger partial charge in [-0.3, -0.25) is 0 Å². The first-order valence-electron chi connectivity index (χ1n) is 7.85. The average Bonchev–Trinajstić information content (AvgIpc) is 2.49. The Balaban J connectivity index is 1.91. The van der Waals surface area contributed by atoms with Gasteiger partial charge >= 0.3 is 0 Å². The van der Waals surface area contributed by atoms with Crippen LogP contribution in [0.5, 0.6) is 0 Å². The van der Waals surface area contributed by atoms with E-state index in [4.69, 9.17) is 0 Å². The summed E-state index contributed by atoms with van der Waals surface area (Å²) >= 11 is 0. The number of hydrogen-bond donors (Lipinski definition) is 0. The molecule has 0 amide bonds. The highest BCUT2D eigenvalue weighted by molar-refractivity contribution is 5.47. The predicted octanol–water partition coefficient (Wildman–Crippen LogP) is 5.82. The molecule has 0 nitrogen and oxygen atoms in total. The first-order valence-corrected chi connectivity index (χ1v) is 7.85. The van der Waals surface area contributed by atoms with E-state index in [0.29, 0.717) is 5.92 Å². The van der Waals surface area contributed by atoms with Gasteiger partial charge < -0.3 is 0 Å². The fourth-order valence-electron chi connectivity index (χ4n) is 3.48. The maximum atomic E-state index is 2.50. The van der Waals surface area contributed by atoms with Crippen molar-refractivity contribution in [2.24, 2.45) is 5.92 Å². The standard InChI is InChI=1S/C20H24/c1-15-8-6-7-11-19(15)20-14-18(13-12-16(20)2)17-9-4-3-5-10-17/h3-4,6-9,14,19H,5,10-13H2,1-2H3. The zero-order valence-corrected chi connectivity index (χ0v) is 12.7. The van der Waals surface area contributed by atoms with E-state index in [-0.39, 0.29) is 0 Å². The lowest BCUT2D eigenvalue weighted by molar-refractivity contribution is 0.701. The molecule has 1 unspecified atom stereocenters. The molecule has 20 heavy (non-hydrogen) atoms. The van der Waals surface area contributed by atoms with Gasteiger partial charge in [0.25, 0.3) is 0 Å². The lowest BCUT2D eigenvalue weighted by Gasteiger charge is -2.28. The van der Waals surface area contributed by atoms with Crippen molar-refractivity contribution >= 4 is 0 Å². The van der Waals surface area contributed by atoms with E-state index in [1.54, 1.807) is 22.3 Å². The van der Waals surface area contributed by atoms with Crippen molar-refractivity contribution in [2.75, 3.05) is 0 Å². The van der Waals surface area contributed by atoms with Crippen molar-refractivity contribution in [3.8, 4) is 0 Å². The molecule has 0 heteroatoms. The Kier molecular flexibility index (Phi) is 3.91. The Hall–Kier alpha value is -1.56. The molecule has 0 aromatic rings. The summed E-state index contributed by atoms with van der Waals surface area (Å²) in [5, 5.41) is 0. The predicted molar refractivity (Wildman–Crippen MR) is 87.5 cm³/mol. The van der Waals surface area contributed by atoms with Crippen LogP contribution in [0.1, 0.15) is 46.0 Å². The second-order valence-corrected chi connectivity index (χ2v) is 6.19. The number of hydrogen-bond acceptors (Lipinski definition) is 0. The van der Waals surface area contributed by atoms with Crippen LogP contribution in [0.15, 0.2) is 70.4 Å². The highest BCUT2D eigenvalue weighted by atomic mass is 14.3. The van der Waals surface area contributed by atoms with Gasteiger partial charge in [0.05, 0.1) is 0 Å². The third-order valence-electron chi connectivity index (χ3n) is 4.81. The largest absolute Gasteiger partial charge is 0.0842 e. The Morgan fingerprint density at radius 2 is 1.75 bits per heavy atom. The van der Waals surface area contributed by atoms with Crippen molar-refractivity contribution in [2.45, 2.75) is 46.0 Å². The fraction of sp³-hybridized carbons (Fsp3) is 0.400. The van der Waals surface area contributed by atoms with Crippen molar-refractivity contribution in [3.05, 3.63) is 70.4 Å². The molecule has 104 valence electrons. The summed E-state index contributed by atoms with van der Waals surface area (Å²) in [5.41, 5.74) is 7.83. The molecule has 0 saturated heterocycles. The van der Waals surface area contributed by atoms with Gasteiger partial charge in [0, 0.05) is 5.92 Å². The Bertz CT molecular complexity index is 573. The van der Waals surface area contributed by atoms with Gasteiger partial charge in [0.15, 0.2) is 0 Å². The van der Waals surface area contributed by atoms with Crippen LogP contribution in [0.2, 0.25) is 0 Å². The van der Waals surface area contributed by atoms with E-state index < -0.39 is 0 Å². The molecule has 3 rings (SSSR count). The minimum Gasteiger partial charge on any atom is -0.0842 e. The minimum atomic E-state index is 0.607. The van der Waals surface area contributed by atoms with Gasteiger partial charge in [-0.2, -0.15) is 0 Å². The second-order valence-electron chi connectivity index (χ2n) is 6.19. The zero-order valence-electron chi connectivity index (χ0n) is 12.7. The summed E-state index contributed by atoms with van der Waals surface area (Å²) in [4.78, 5) is 0. The molecule has 3 aliphatic rings. The van der Waals surface area contributed by atoms with Crippen LogP contribution < -0.4 is 0 Å². The van der Waals surface area contributed by atoms with Crippen LogP contribution in [-0.4, -0.2) is 0 Å². The Labute approximate surface area is 123 Å². The van der Waals surface area contributed by atoms with E-state index in [1.807, 2.05) is 0 Å². The zero-order chi connectivity index (χ0) is 13.9. The van der Waals surface area contributed by atoms with Gasteiger partial charge in [-0.25, -0.2) is 0 Å². The van der Waals surface area contributed by atoms with Crippen LogP contribution in [0.4, 0.5) is 0 Å². The minimum absolute atomic E-state index is 0.607. The van der Waals surface area contributed by atoms with Crippen LogP contribution >= 0.6 is 0 Å². The molecule has 0 N–H and O–H groups in total. The molecule has 0 fully saturated rings. The second kappa shape index (κ2) is 5.83. The molecule has 1 atom stereocenters. The molecule has 3 aliphatic carbocycles. The van der Waals surface area contributed by atoms with E-state index in [0.717, 1.165) is 6.42 Å². The lowest BCUT2D eigenvalue weighted by atomic mass is 9.77. The maximum absolute atomic E-state index is 2.50. The summed E-state index contributed by atoms with van der Waals surface area (Å²) in [7, 11) is 0. The van der Waals surface area contributed by atoms with Crippen molar-refractivity contribution in [1.29, 1.82) is 0 Å². The number of allylic oxidation sites excluding steroid dienone is 12. The molecule has 0 saturated carbocycles. The monoisotopic (exact) mass is 264 g/mol. The van der Waals surface area contributed by atoms with Gasteiger partial charge in [0.1, 0.15) is 0 Å². The highest BCUT2D eigenvalue weighted by Gasteiger charge is 2.21. The molecule has 0 aliphatic heterocycles. The Morgan fingerprint density at radius 3 is 2.50 bits per heavy atom. The molecule has 0 heterocycles. The summed E-state index contributed by atoms with van der Waals surface area (Å²) < 4.78 is 0. The third kappa shape index (κ3) is 2.65. The topological polar surface area (TPSA) is 0 Å².